The van der Waals surface area contributed by atoms with E-state index in [9.17, 15) is 10.1 Å². The summed E-state index contributed by atoms with van der Waals surface area (Å²) in [6.07, 6.45) is 1.26. The Labute approximate surface area is 174 Å². The van der Waals surface area contributed by atoms with Crippen molar-refractivity contribution >= 4 is 61.3 Å². The highest BCUT2D eigenvalue weighted by Gasteiger charge is 2.24. The van der Waals surface area contributed by atoms with E-state index in [2.05, 4.69) is 25.6 Å². The molecule has 4 rings (SSSR count). The van der Waals surface area contributed by atoms with Gasteiger partial charge >= 0.3 is 5.69 Å². The number of nitro groups is 1. The van der Waals surface area contributed by atoms with Crippen LogP contribution in [-0.2, 0) is 0 Å². The Kier molecular flexibility index (Phi) is 4.99. The summed E-state index contributed by atoms with van der Waals surface area (Å²) >= 11 is 7.45. The summed E-state index contributed by atoms with van der Waals surface area (Å²) in [5, 5.41) is 18.8. The van der Waals surface area contributed by atoms with Crippen LogP contribution in [0.2, 0.25) is 5.02 Å². The maximum atomic E-state index is 11.8. The van der Waals surface area contributed by atoms with Gasteiger partial charge in [-0.05, 0) is 49.2 Å². The number of fused-ring (bicyclic) bond motifs is 1. The minimum absolute atomic E-state index is 0.0583. The Bertz CT molecular complexity index is 1240. The summed E-state index contributed by atoms with van der Waals surface area (Å²) in [6, 6.07) is 11.1. The molecule has 0 unspecified atom stereocenters. The number of aromatic nitrogens is 3. The molecule has 0 aliphatic rings. The van der Waals surface area contributed by atoms with E-state index in [4.69, 9.17) is 11.6 Å². The molecule has 0 aliphatic heterocycles. The predicted molar refractivity (Wildman–Crippen MR) is 116 cm³/mol. The van der Waals surface area contributed by atoms with E-state index >= 15 is 0 Å². The largest absolute Gasteiger partial charge is 0.353 e. The van der Waals surface area contributed by atoms with Crippen molar-refractivity contribution in [3.63, 3.8) is 0 Å². The van der Waals surface area contributed by atoms with Crippen LogP contribution in [0.15, 0.2) is 42.7 Å². The molecular formula is C19H15ClN6O2S. The first-order valence-electron chi connectivity index (χ1n) is 8.57. The zero-order valence-corrected chi connectivity index (χ0v) is 17.0. The summed E-state index contributed by atoms with van der Waals surface area (Å²) in [5.74, 6) is 0.123. The first-order valence-corrected chi connectivity index (χ1v) is 9.77. The van der Waals surface area contributed by atoms with E-state index in [0.29, 0.717) is 15.8 Å². The van der Waals surface area contributed by atoms with Crippen molar-refractivity contribution in [3.05, 3.63) is 69.0 Å². The van der Waals surface area contributed by atoms with Crippen molar-refractivity contribution in [2.75, 3.05) is 10.6 Å². The van der Waals surface area contributed by atoms with E-state index in [1.54, 1.807) is 12.1 Å². The molecule has 8 nitrogen and oxygen atoms in total. The fourth-order valence-corrected chi connectivity index (χ4v) is 3.91. The first-order chi connectivity index (χ1) is 13.9. The van der Waals surface area contributed by atoms with Gasteiger partial charge in [-0.3, -0.25) is 10.1 Å². The van der Waals surface area contributed by atoms with Crippen LogP contribution in [0.5, 0.6) is 0 Å². The van der Waals surface area contributed by atoms with Crippen molar-refractivity contribution in [2.24, 2.45) is 0 Å². The Morgan fingerprint density at radius 2 is 1.83 bits per heavy atom. The van der Waals surface area contributed by atoms with Crippen LogP contribution in [0.25, 0.3) is 10.2 Å². The minimum atomic E-state index is -0.526. The summed E-state index contributed by atoms with van der Waals surface area (Å²) in [5.41, 5.74) is 3.15. The minimum Gasteiger partial charge on any atom is -0.334 e. The summed E-state index contributed by atoms with van der Waals surface area (Å²) in [7, 11) is 0. The normalized spacial score (nSPS) is 10.9. The molecule has 2 heterocycles. The molecule has 0 radical (unpaired) electrons. The molecule has 2 aromatic carbocycles. The van der Waals surface area contributed by atoms with E-state index in [1.165, 1.54) is 17.7 Å². The van der Waals surface area contributed by atoms with E-state index in [1.807, 2.05) is 38.1 Å². The molecule has 0 saturated heterocycles. The standard InChI is InChI=1S/C19H15ClN6O2S/c1-10-3-6-13-15(7-10)29-19(24-13)25-18-16(26(27)28)17(21-9-22-18)23-14-8-12(20)5-4-11(14)2/h3-9H,1-2H3,(H2,21,22,23,24,25). The average Bonchev–Trinajstić information content (AvgIpc) is 3.06. The highest BCUT2D eigenvalue weighted by atomic mass is 35.5. The van der Waals surface area contributed by atoms with Crippen LogP contribution >= 0.6 is 22.9 Å². The average molecular weight is 427 g/mol. The van der Waals surface area contributed by atoms with Gasteiger partial charge in [0.15, 0.2) is 5.13 Å². The molecule has 2 aromatic heterocycles. The van der Waals surface area contributed by atoms with Crippen LogP contribution in [0, 0.1) is 24.0 Å². The van der Waals surface area contributed by atoms with Crippen LogP contribution in [-0.4, -0.2) is 19.9 Å². The summed E-state index contributed by atoms with van der Waals surface area (Å²) < 4.78 is 0.983. The van der Waals surface area contributed by atoms with Gasteiger partial charge in [0.2, 0.25) is 11.6 Å². The molecule has 4 aromatic rings. The molecule has 2 N–H and O–H groups in total. The third kappa shape index (κ3) is 3.96. The van der Waals surface area contributed by atoms with E-state index in [-0.39, 0.29) is 17.3 Å². The quantitative estimate of drug-likeness (QED) is 0.309. The number of aryl methyl sites for hydroxylation is 2. The van der Waals surface area contributed by atoms with E-state index < -0.39 is 4.92 Å². The SMILES string of the molecule is Cc1ccc2nc(Nc3ncnc(Nc4cc(Cl)ccc4C)c3[N+](=O)[O-])sc2c1. The van der Waals surface area contributed by atoms with Crippen molar-refractivity contribution in [1.82, 2.24) is 15.0 Å². The Morgan fingerprint density at radius 3 is 2.59 bits per heavy atom. The van der Waals surface area contributed by atoms with Crippen molar-refractivity contribution in [1.29, 1.82) is 0 Å². The first kappa shape index (κ1) is 19.0. The molecule has 10 heteroatoms. The molecule has 29 heavy (non-hydrogen) atoms. The fourth-order valence-electron chi connectivity index (χ4n) is 2.78. The van der Waals surface area contributed by atoms with Crippen LogP contribution in [0.3, 0.4) is 0 Å². The van der Waals surface area contributed by atoms with Crippen molar-refractivity contribution < 1.29 is 4.92 Å². The number of thiazole rings is 1. The molecular weight excluding hydrogens is 412 g/mol. The molecule has 146 valence electrons. The lowest BCUT2D eigenvalue weighted by Crippen LogP contribution is -2.06. The molecule has 0 saturated carbocycles. The maximum absolute atomic E-state index is 11.8. The zero-order chi connectivity index (χ0) is 20.5. The molecule has 0 atom stereocenters. The smallest absolute Gasteiger partial charge is 0.334 e. The second kappa shape index (κ2) is 7.61. The van der Waals surface area contributed by atoms with Gasteiger partial charge in [0.25, 0.3) is 0 Å². The zero-order valence-electron chi connectivity index (χ0n) is 15.4. The maximum Gasteiger partial charge on any atom is 0.353 e. The lowest BCUT2D eigenvalue weighted by Gasteiger charge is -2.11. The number of benzene rings is 2. The van der Waals surface area contributed by atoms with Gasteiger partial charge in [-0.2, -0.15) is 0 Å². The van der Waals surface area contributed by atoms with Gasteiger partial charge in [-0.15, -0.1) is 0 Å². The van der Waals surface area contributed by atoms with Crippen LogP contribution < -0.4 is 10.6 Å². The molecule has 0 fully saturated rings. The fraction of sp³-hybridized carbons (Fsp3) is 0.105. The summed E-state index contributed by atoms with van der Waals surface area (Å²) in [4.78, 5) is 23.9. The second-order valence-electron chi connectivity index (χ2n) is 6.38. The van der Waals surface area contributed by atoms with Gasteiger partial charge in [0.05, 0.1) is 15.1 Å². The predicted octanol–water partition coefficient (Wildman–Crippen LogP) is 5.75. The molecule has 0 bridgehead atoms. The third-order valence-corrected chi connectivity index (χ3v) is 5.40. The highest BCUT2D eigenvalue weighted by Crippen LogP contribution is 2.36. The van der Waals surface area contributed by atoms with Gasteiger partial charge in [0, 0.05) is 10.7 Å². The topological polar surface area (TPSA) is 106 Å². The lowest BCUT2D eigenvalue weighted by atomic mass is 10.2. The number of halogens is 1. The van der Waals surface area contributed by atoms with Gasteiger partial charge < -0.3 is 10.6 Å². The molecule has 0 aliphatic carbocycles. The number of rotatable bonds is 5. The molecule has 0 spiro atoms. The van der Waals surface area contributed by atoms with Crippen molar-refractivity contribution in [3.8, 4) is 0 Å². The lowest BCUT2D eigenvalue weighted by molar-refractivity contribution is -0.383. The Balaban J connectivity index is 1.72. The van der Waals surface area contributed by atoms with Gasteiger partial charge in [-0.25, -0.2) is 15.0 Å². The van der Waals surface area contributed by atoms with Crippen LogP contribution in [0.1, 0.15) is 11.1 Å². The summed E-state index contributed by atoms with van der Waals surface area (Å²) in [6.45, 7) is 3.87. The molecule has 0 amide bonds. The number of nitrogens with one attached hydrogen (secondary N) is 2. The van der Waals surface area contributed by atoms with Crippen LogP contribution in [0.4, 0.5) is 28.1 Å². The second-order valence-corrected chi connectivity index (χ2v) is 7.84. The number of hydrogen-bond donors (Lipinski definition) is 2. The van der Waals surface area contributed by atoms with Gasteiger partial charge in [0.1, 0.15) is 6.33 Å². The number of nitrogens with zero attached hydrogens (tertiary/aromatic N) is 4. The third-order valence-electron chi connectivity index (χ3n) is 4.23. The number of anilines is 4. The van der Waals surface area contributed by atoms with Crippen molar-refractivity contribution in [2.45, 2.75) is 13.8 Å². The monoisotopic (exact) mass is 426 g/mol. The Hall–Kier alpha value is -3.30. The van der Waals surface area contributed by atoms with E-state index in [0.717, 1.165) is 21.3 Å². The number of hydrogen-bond acceptors (Lipinski definition) is 8. The Morgan fingerprint density at radius 1 is 1.07 bits per heavy atom. The highest BCUT2D eigenvalue weighted by molar-refractivity contribution is 7.22. The van der Waals surface area contributed by atoms with Gasteiger partial charge in [-0.1, -0.05) is 35.1 Å².